The van der Waals surface area contributed by atoms with Crippen molar-refractivity contribution in [1.82, 2.24) is 14.7 Å². The molecule has 9 heteroatoms. The summed E-state index contributed by atoms with van der Waals surface area (Å²) in [5, 5.41) is 8.84. The molecule has 220 valence electrons. The third kappa shape index (κ3) is 9.31. The third-order valence-corrected chi connectivity index (χ3v) is 8.15. The molecule has 1 fully saturated rings. The average molecular weight is 551 g/mol. The number of halogens is 3. The highest BCUT2D eigenvalue weighted by Gasteiger charge is 2.33. The number of nitrogens with two attached hydrogens (primary N) is 1. The van der Waals surface area contributed by atoms with Crippen molar-refractivity contribution in [3.63, 3.8) is 0 Å². The summed E-state index contributed by atoms with van der Waals surface area (Å²) >= 11 is 0. The Balaban J connectivity index is 1.44. The van der Waals surface area contributed by atoms with E-state index in [0.717, 1.165) is 57.8 Å². The van der Waals surface area contributed by atoms with Crippen molar-refractivity contribution in [2.75, 3.05) is 32.7 Å². The molecule has 2 heterocycles. The molecule has 0 aliphatic carbocycles. The summed E-state index contributed by atoms with van der Waals surface area (Å²) in [5.74, 6) is 1.18. The fourth-order valence-electron chi connectivity index (χ4n) is 5.81. The highest BCUT2D eigenvalue weighted by molar-refractivity contribution is 5.80. The standard InChI is InChI=1S/C30H49F3N6/c1-3-5-7-8-10-19-39-27(15-6-4-2)23-37(29(39)35)18-11-9-16-26-22-36-28(34)38(26)20-17-24-13-12-14-25(21-24)30(31,32)33/h12-14,21,26-27,35H,3-11,15-20,22-23H2,1-2H3,(H2,34,36)/t26?,27-/m0/s1. The monoisotopic (exact) mass is 550 g/mol. The average Bonchev–Trinajstić information content (AvgIpc) is 3.41. The van der Waals surface area contributed by atoms with E-state index < -0.39 is 11.7 Å². The number of benzene rings is 1. The van der Waals surface area contributed by atoms with Gasteiger partial charge in [0.25, 0.3) is 0 Å². The first-order valence-corrected chi connectivity index (χ1v) is 15.1. The van der Waals surface area contributed by atoms with E-state index in [2.05, 4.69) is 33.5 Å². The molecule has 6 nitrogen and oxygen atoms in total. The summed E-state index contributed by atoms with van der Waals surface area (Å²) in [6.45, 7) is 8.50. The molecule has 0 bridgehead atoms. The van der Waals surface area contributed by atoms with Gasteiger partial charge < -0.3 is 20.4 Å². The smallest absolute Gasteiger partial charge is 0.370 e. The Morgan fingerprint density at radius 2 is 1.62 bits per heavy atom. The van der Waals surface area contributed by atoms with Gasteiger partial charge in [-0.2, -0.15) is 13.2 Å². The van der Waals surface area contributed by atoms with E-state index >= 15 is 0 Å². The summed E-state index contributed by atoms with van der Waals surface area (Å²) in [6, 6.07) is 6.18. The Kier molecular flexibility index (Phi) is 12.2. The van der Waals surface area contributed by atoms with Crippen LogP contribution in [0.1, 0.15) is 95.6 Å². The largest absolute Gasteiger partial charge is 0.416 e. The van der Waals surface area contributed by atoms with Gasteiger partial charge in [0.1, 0.15) is 0 Å². The first-order chi connectivity index (χ1) is 18.7. The van der Waals surface area contributed by atoms with Crippen LogP contribution < -0.4 is 5.73 Å². The van der Waals surface area contributed by atoms with Crippen LogP contribution in [0.15, 0.2) is 29.3 Å². The quantitative estimate of drug-likeness (QED) is 0.217. The summed E-state index contributed by atoms with van der Waals surface area (Å²) < 4.78 is 39.2. The summed E-state index contributed by atoms with van der Waals surface area (Å²) in [5.41, 5.74) is 6.19. The number of hydrogen-bond donors (Lipinski definition) is 2. The lowest BCUT2D eigenvalue weighted by molar-refractivity contribution is -0.137. The fraction of sp³-hybridized carbons (Fsp3) is 0.733. The summed E-state index contributed by atoms with van der Waals surface area (Å²) in [7, 11) is 0. The van der Waals surface area contributed by atoms with Gasteiger partial charge in [-0.15, -0.1) is 0 Å². The molecule has 3 rings (SSSR count). The second-order valence-electron chi connectivity index (χ2n) is 11.2. The van der Waals surface area contributed by atoms with Crippen molar-refractivity contribution in [3.8, 4) is 0 Å². The Hall–Kier alpha value is -2.45. The molecule has 0 aromatic heterocycles. The second-order valence-corrected chi connectivity index (χ2v) is 11.2. The van der Waals surface area contributed by atoms with Crippen LogP contribution in [0.25, 0.3) is 0 Å². The van der Waals surface area contributed by atoms with Crippen LogP contribution >= 0.6 is 0 Å². The minimum absolute atomic E-state index is 0.186. The number of guanidine groups is 2. The maximum Gasteiger partial charge on any atom is 0.416 e. The van der Waals surface area contributed by atoms with Crippen LogP contribution in [0.4, 0.5) is 13.2 Å². The molecule has 2 atom stereocenters. The van der Waals surface area contributed by atoms with E-state index in [1.807, 2.05) is 0 Å². The molecule has 3 N–H and O–H groups in total. The van der Waals surface area contributed by atoms with Crippen LogP contribution in [0, 0.1) is 5.41 Å². The van der Waals surface area contributed by atoms with Gasteiger partial charge >= 0.3 is 6.18 Å². The predicted octanol–water partition coefficient (Wildman–Crippen LogP) is 6.50. The number of rotatable bonds is 17. The lowest BCUT2D eigenvalue weighted by atomic mass is 10.1. The van der Waals surface area contributed by atoms with Gasteiger partial charge in [0, 0.05) is 32.2 Å². The highest BCUT2D eigenvalue weighted by atomic mass is 19.4. The highest BCUT2D eigenvalue weighted by Crippen LogP contribution is 2.30. The molecular formula is C30H49F3N6. The number of aliphatic imine (C=N–C) groups is 1. The van der Waals surface area contributed by atoms with Gasteiger partial charge in [-0.05, 0) is 50.2 Å². The van der Waals surface area contributed by atoms with E-state index in [0.29, 0.717) is 43.0 Å². The van der Waals surface area contributed by atoms with E-state index in [4.69, 9.17) is 11.1 Å². The SMILES string of the molecule is CCCCCCCN1C(=N)N(CCCCC2CN=C(N)N2CCc2cccc(C(F)(F)F)c2)C[C@@H]1CCCC. The Bertz CT molecular complexity index is 918. The number of hydrogen-bond acceptors (Lipinski definition) is 4. The Morgan fingerprint density at radius 1 is 0.897 bits per heavy atom. The van der Waals surface area contributed by atoms with Gasteiger partial charge in [0.15, 0.2) is 11.9 Å². The topological polar surface area (TPSA) is 72.0 Å². The molecular weight excluding hydrogens is 501 g/mol. The zero-order chi connectivity index (χ0) is 28.3. The van der Waals surface area contributed by atoms with Gasteiger partial charge in [0.2, 0.25) is 0 Å². The molecule has 0 amide bonds. The first kappa shape index (κ1) is 31.1. The Morgan fingerprint density at radius 3 is 2.36 bits per heavy atom. The summed E-state index contributed by atoms with van der Waals surface area (Å²) in [6.07, 6.45) is 8.90. The van der Waals surface area contributed by atoms with E-state index in [-0.39, 0.29) is 6.04 Å². The van der Waals surface area contributed by atoms with Crippen LogP contribution in [0.5, 0.6) is 0 Å². The number of nitrogens with one attached hydrogen (secondary N) is 1. The van der Waals surface area contributed by atoms with Crippen molar-refractivity contribution in [2.24, 2.45) is 10.7 Å². The van der Waals surface area contributed by atoms with Crippen LogP contribution in [0.3, 0.4) is 0 Å². The number of unbranched alkanes of at least 4 members (excludes halogenated alkanes) is 6. The predicted molar refractivity (Wildman–Crippen MR) is 154 cm³/mol. The second kappa shape index (κ2) is 15.4. The number of nitrogens with zero attached hydrogens (tertiary/aromatic N) is 4. The zero-order valence-corrected chi connectivity index (χ0v) is 24.0. The van der Waals surface area contributed by atoms with Crippen molar-refractivity contribution in [1.29, 1.82) is 5.41 Å². The van der Waals surface area contributed by atoms with Crippen molar-refractivity contribution >= 4 is 11.9 Å². The Labute approximate surface area is 233 Å². The van der Waals surface area contributed by atoms with Crippen molar-refractivity contribution in [2.45, 2.75) is 109 Å². The minimum Gasteiger partial charge on any atom is -0.370 e. The molecule has 1 saturated heterocycles. The molecule has 0 radical (unpaired) electrons. The van der Waals surface area contributed by atoms with Crippen LogP contribution in [0.2, 0.25) is 0 Å². The molecule has 2 aliphatic rings. The van der Waals surface area contributed by atoms with Crippen molar-refractivity contribution < 1.29 is 13.2 Å². The number of alkyl halides is 3. The van der Waals surface area contributed by atoms with Gasteiger partial charge in [-0.3, -0.25) is 10.4 Å². The third-order valence-electron chi connectivity index (χ3n) is 8.15. The first-order valence-electron chi connectivity index (χ1n) is 15.1. The molecule has 2 aliphatic heterocycles. The van der Waals surface area contributed by atoms with Crippen LogP contribution in [-0.2, 0) is 12.6 Å². The molecule has 1 aromatic rings. The van der Waals surface area contributed by atoms with Crippen molar-refractivity contribution in [3.05, 3.63) is 35.4 Å². The van der Waals surface area contributed by atoms with Gasteiger partial charge in [-0.1, -0.05) is 70.6 Å². The fourth-order valence-corrected chi connectivity index (χ4v) is 5.81. The molecule has 1 aromatic carbocycles. The van der Waals surface area contributed by atoms with E-state index in [9.17, 15) is 13.2 Å². The maximum absolute atomic E-state index is 13.1. The lowest BCUT2D eigenvalue weighted by Crippen LogP contribution is -2.42. The summed E-state index contributed by atoms with van der Waals surface area (Å²) in [4.78, 5) is 11.1. The maximum atomic E-state index is 13.1. The normalized spacial score (nSPS) is 19.9. The molecule has 39 heavy (non-hydrogen) atoms. The van der Waals surface area contributed by atoms with Gasteiger partial charge in [0.05, 0.1) is 18.2 Å². The molecule has 0 saturated carbocycles. The molecule has 1 unspecified atom stereocenters. The van der Waals surface area contributed by atoms with Gasteiger partial charge in [-0.25, -0.2) is 0 Å². The molecule has 0 spiro atoms. The van der Waals surface area contributed by atoms with Crippen LogP contribution in [-0.4, -0.2) is 71.4 Å². The lowest BCUT2D eigenvalue weighted by Gasteiger charge is -2.27. The van der Waals surface area contributed by atoms with E-state index in [1.54, 1.807) is 6.07 Å². The zero-order valence-electron chi connectivity index (χ0n) is 24.0. The minimum atomic E-state index is -4.33. The van der Waals surface area contributed by atoms with E-state index in [1.165, 1.54) is 50.7 Å².